The molecule has 1 aromatic rings. The number of aromatic nitrogens is 1. The Morgan fingerprint density at radius 1 is 1.53 bits per heavy atom. The van der Waals surface area contributed by atoms with Crippen molar-refractivity contribution in [3.05, 3.63) is 12.0 Å². The molecule has 0 radical (unpaired) electrons. The van der Waals surface area contributed by atoms with Crippen molar-refractivity contribution in [3.63, 3.8) is 0 Å². The van der Waals surface area contributed by atoms with Crippen LogP contribution in [0.2, 0.25) is 0 Å². The zero-order valence-electron chi connectivity index (χ0n) is 9.31. The third-order valence-electron chi connectivity index (χ3n) is 3.06. The summed E-state index contributed by atoms with van der Waals surface area (Å²) < 4.78 is 5.37. The maximum Gasteiger partial charge on any atom is 0.297 e. The van der Waals surface area contributed by atoms with E-state index in [1.807, 2.05) is 0 Å². The summed E-state index contributed by atoms with van der Waals surface area (Å²) >= 11 is 0. The second-order valence-corrected chi connectivity index (χ2v) is 4.46. The number of rotatable bonds is 2. The van der Waals surface area contributed by atoms with Crippen molar-refractivity contribution in [3.8, 4) is 0 Å². The van der Waals surface area contributed by atoms with Crippen LogP contribution in [0.25, 0.3) is 0 Å². The van der Waals surface area contributed by atoms with Gasteiger partial charge >= 0.3 is 0 Å². The molecule has 0 saturated carbocycles. The highest BCUT2D eigenvalue weighted by molar-refractivity contribution is 5.29. The largest absolute Gasteiger partial charge is 0.432 e. The van der Waals surface area contributed by atoms with Gasteiger partial charge in [-0.1, -0.05) is 6.92 Å². The van der Waals surface area contributed by atoms with Gasteiger partial charge in [0.2, 0.25) is 0 Å². The average molecular weight is 210 g/mol. The van der Waals surface area contributed by atoms with E-state index >= 15 is 0 Å². The van der Waals surface area contributed by atoms with Crippen LogP contribution in [0.15, 0.2) is 10.7 Å². The molecule has 1 aliphatic heterocycles. The van der Waals surface area contributed by atoms with Gasteiger partial charge in [0.25, 0.3) is 6.01 Å². The molecule has 0 aromatic carbocycles. The average Bonchev–Trinajstić information content (AvgIpc) is 2.70. The Morgan fingerprint density at radius 3 is 3.00 bits per heavy atom. The van der Waals surface area contributed by atoms with Gasteiger partial charge in [0.1, 0.15) is 12.0 Å². The van der Waals surface area contributed by atoms with Crippen LogP contribution in [-0.4, -0.2) is 22.7 Å². The first-order valence-corrected chi connectivity index (χ1v) is 5.52. The fourth-order valence-electron chi connectivity index (χ4n) is 2.06. The summed E-state index contributed by atoms with van der Waals surface area (Å²) in [6.45, 7) is 5.37. The molecule has 1 saturated heterocycles. The molecule has 2 atom stereocenters. The van der Waals surface area contributed by atoms with Gasteiger partial charge in [-0.15, -0.1) is 0 Å². The lowest BCUT2D eigenvalue weighted by Crippen LogP contribution is -2.41. The summed E-state index contributed by atoms with van der Waals surface area (Å²) in [6.07, 6.45) is 3.98. The number of nitrogens with zero attached hydrogens (tertiary/aromatic N) is 2. The van der Waals surface area contributed by atoms with E-state index in [9.17, 15) is 0 Å². The van der Waals surface area contributed by atoms with Crippen molar-refractivity contribution in [1.29, 1.82) is 0 Å². The van der Waals surface area contributed by atoms with Gasteiger partial charge in [-0.05, 0) is 25.7 Å². The van der Waals surface area contributed by atoms with E-state index in [-0.39, 0.29) is 6.61 Å². The first kappa shape index (κ1) is 10.5. The van der Waals surface area contributed by atoms with E-state index in [0.717, 1.165) is 6.54 Å². The number of aliphatic hydroxyl groups excluding tert-OH is 1. The van der Waals surface area contributed by atoms with Crippen LogP contribution in [0.3, 0.4) is 0 Å². The zero-order chi connectivity index (χ0) is 10.8. The van der Waals surface area contributed by atoms with E-state index in [1.54, 1.807) is 0 Å². The Kier molecular flexibility index (Phi) is 2.95. The molecule has 1 aliphatic rings. The van der Waals surface area contributed by atoms with Gasteiger partial charge in [-0.2, -0.15) is 4.98 Å². The number of oxazole rings is 1. The van der Waals surface area contributed by atoms with Crippen molar-refractivity contribution in [2.45, 2.75) is 39.3 Å². The first-order chi connectivity index (χ1) is 7.20. The lowest BCUT2D eigenvalue weighted by atomic mass is 9.96. The smallest absolute Gasteiger partial charge is 0.297 e. The minimum Gasteiger partial charge on any atom is -0.432 e. The molecule has 2 heterocycles. The van der Waals surface area contributed by atoms with Gasteiger partial charge in [0, 0.05) is 12.6 Å². The molecule has 1 fully saturated rings. The number of hydrogen-bond donors (Lipinski definition) is 1. The Bertz CT molecular complexity index is 324. The van der Waals surface area contributed by atoms with E-state index in [1.165, 1.54) is 19.1 Å². The third kappa shape index (κ3) is 2.15. The number of aliphatic hydroxyl groups is 1. The summed E-state index contributed by atoms with van der Waals surface area (Å²) in [7, 11) is 0. The maximum absolute atomic E-state index is 8.93. The third-order valence-corrected chi connectivity index (χ3v) is 3.06. The summed E-state index contributed by atoms with van der Waals surface area (Å²) in [6, 6.07) is 1.13. The van der Waals surface area contributed by atoms with E-state index in [4.69, 9.17) is 9.52 Å². The monoisotopic (exact) mass is 210 g/mol. The molecule has 0 spiro atoms. The molecule has 1 aromatic heterocycles. The first-order valence-electron chi connectivity index (χ1n) is 5.52. The molecule has 2 unspecified atom stereocenters. The number of anilines is 1. The predicted octanol–water partition coefficient (Wildman–Crippen LogP) is 1.79. The molecule has 0 aliphatic carbocycles. The molecule has 0 amide bonds. The van der Waals surface area contributed by atoms with Crippen molar-refractivity contribution < 1.29 is 9.52 Å². The lowest BCUT2D eigenvalue weighted by Gasteiger charge is -2.35. The Hall–Kier alpha value is -1.03. The van der Waals surface area contributed by atoms with Crippen molar-refractivity contribution in [2.75, 3.05) is 11.4 Å². The Morgan fingerprint density at radius 2 is 2.33 bits per heavy atom. The standard InChI is InChI=1S/C11H18N2O2/c1-8-3-4-9(2)13(5-8)11-12-10(6-14)7-15-11/h7-9,14H,3-6H2,1-2H3. The lowest BCUT2D eigenvalue weighted by molar-refractivity contribution is 0.276. The van der Waals surface area contributed by atoms with Crippen LogP contribution >= 0.6 is 0 Å². The zero-order valence-corrected chi connectivity index (χ0v) is 9.31. The molecule has 0 bridgehead atoms. The van der Waals surface area contributed by atoms with Gasteiger partial charge in [0.15, 0.2) is 0 Å². The van der Waals surface area contributed by atoms with Crippen LogP contribution < -0.4 is 4.90 Å². The quantitative estimate of drug-likeness (QED) is 0.808. The van der Waals surface area contributed by atoms with E-state index in [0.29, 0.717) is 23.7 Å². The minimum absolute atomic E-state index is 0.0543. The van der Waals surface area contributed by atoms with E-state index < -0.39 is 0 Å². The van der Waals surface area contributed by atoms with Crippen molar-refractivity contribution >= 4 is 6.01 Å². The number of hydrogen-bond acceptors (Lipinski definition) is 4. The fourth-order valence-corrected chi connectivity index (χ4v) is 2.06. The molecule has 2 rings (SSSR count). The predicted molar refractivity (Wildman–Crippen MR) is 57.6 cm³/mol. The summed E-state index contributed by atoms with van der Waals surface area (Å²) in [5.74, 6) is 0.686. The number of piperidine rings is 1. The molecule has 15 heavy (non-hydrogen) atoms. The van der Waals surface area contributed by atoms with E-state index in [2.05, 4.69) is 23.7 Å². The van der Waals surface area contributed by atoms with Crippen LogP contribution in [0.1, 0.15) is 32.4 Å². The minimum atomic E-state index is -0.0543. The molecular weight excluding hydrogens is 192 g/mol. The molecule has 84 valence electrons. The topological polar surface area (TPSA) is 49.5 Å². The van der Waals surface area contributed by atoms with Crippen LogP contribution in [0, 0.1) is 5.92 Å². The Balaban J connectivity index is 2.13. The van der Waals surface area contributed by atoms with Crippen LogP contribution in [0.5, 0.6) is 0 Å². The molecule has 1 N–H and O–H groups in total. The Labute approximate surface area is 89.9 Å². The fraction of sp³-hybridized carbons (Fsp3) is 0.727. The van der Waals surface area contributed by atoms with Gasteiger partial charge in [-0.3, -0.25) is 0 Å². The maximum atomic E-state index is 8.93. The molecular formula is C11H18N2O2. The second-order valence-electron chi connectivity index (χ2n) is 4.46. The summed E-state index contributed by atoms with van der Waals surface area (Å²) in [5, 5.41) is 8.93. The molecule has 4 heteroatoms. The van der Waals surface area contributed by atoms with Crippen LogP contribution in [0.4, 0.5) is 6.01 Å². The summed E-state index contributed by atoms with van der Waals surface area (Å²) in [5.41, 5.74) is 0.607. The van der Waals surface area contributed by atoms with Crippen molar-refractivity contribution in [1.82, 2.24) is 4.98 Å². The van der Waals surface area contributed by atoms with Gasteiger partial charge < -0.3 is 14.4 Å². The highest BCUT2D eigenvalue weighted by Crippen LogP contribution is 2.26. The highest BCUT2D eigenvalue weighted by atomic mass is 16.4. The second kappa shape index (κ2) is 4.23. The molecule has 4 nitrogen and oxygen atoms in total. The van der Waals surface area contributed by atoms with Crippen LogP contribution in [-0.2, 0) is 6.61 Å². The highest BCUT2D eigenvalue weighted by Gasteiger charge is 2.26. The normalized spacial score (nSPS) is 27.0. The summed E-state index contributed by atoms with van der Waals surface area (Å²) in [4.78, 5) is 6.43. The SMILES string of the molecule is CC1CCC(C)N(c2nc(CO)co2)C1. The van der Waals surface area contributed by atoms with Gasteiger partial charge in [-0.25, -0.2) is 0 Å². The van der Waals surface area contributed by atoms with Gasteiger partial charge in [0.05, 0.1) is 6.61 Å². The van der Waals surface area contributed by atoms with Crippen molar-refractivity contribution in [2.24, 2.45) is 5.92 Å².